The zero-order chi connectivity index (χ0) is 25.1. The molecule has 0 fully saturated rings. The molecule has 33 heavy (non-hydrogen) atoms. The van der Waals surface area contributed by atoms with Crippen LogP contribution in [0.15, 0.2) is 0 Å². The van der Waals surface area contributed by atoms with E-state index in [1.807, 2.05) is 0 Å². The Hall–Kier alpha value is -1.40. The number of hydrogen-bond donors (Lipinski definition) is 0. The van der Waals surface area contributed by atoms with Gasteiger partial charge in [0.05, 0.1) is 0 Å². The average molecular weight is 568 g/mol. The summed E-state index contributed by atoms with van der Waals surface area (Å²) in [7, 11) is 0. The zero-order valence-electron chi connectivity index (χ0n) is 18.0. The third-order valence-corrected chi connectivity index (χ3v) is 10.2. The Labute approximate surface area is 191 Å². The summed E-state index contributed by atoms with van der Waals surface area (Å²) in [4.78, 5) is 0. The van der Waals surface area contributed by atoms with Crippen molar-refractivity contribution in [3.63, 3.8) is 0 Å². The quantitative estimate of drug-likeness (QED) is 0.259. The van der Waals surface area contributed by atoms with Crippen molar-refractivity contribution in [2.45, 2.75) is 40.9 Å². The summed E-state index contributed by atoms with van der Waals surface area (Å²) in [5.41, 5.74) is -4.04. The molecule has 0 heterocycles. The summed E-state index contributed by atoms with van der Waals surface area (Å²) < 4.78 is 133. The summed E-state index contributed by atoms with van der Waals surface area (Å²) >= 11 is -5.42. The normalized spacial score (nSPS) is 12.0. The van der Waals surface area contributed by atoms with E-state index in [1.54, 1.807) is 0 Å². The van der Waals surface area contributed by atoms with E-state index in [-0.39, 0.29) is 13.2 Å². The second-order valence-corrected chi connectivity index (χ2v) is 12.0. The fourth-order valence-electron chi connectivity index (χ4n) is 2.75. The van der Waals surface area contributed by atoms with Gasteiger partial charge in [-0.1, -0.05) is 0 Å². The van der Waals surface area contributed by atoms with Gasteiger partial charge in [-0.3, -0.25) is 0 Å². The van der Waals surface area contributed by atoms with E-state index in [4.69, 9.17) is 11.3 Å². The number of rotatable bonds is 10. The summed E-state index contributed by atoms with van der Waals surface area (Å²) in [6.45, 7) is 1.96. The Kier molecular flexibility index (Phi) is 9.58. The van der Waals surface area contributed by atoms with Gasteiger partial charge in [-0.2, -0.15) is 0 Å². The first-order valence-electron chi connectivity index (χ1n) is 9.60. The molecule has 0 saturated carbocycles. The Morgan fingerprint density at radius 1 is 0.485 bits per heavy atom. The molecule has 0 spiro atoms. The molecule has 0 aromatic heterocycles. The van der Waals surface area contributed by atoms with E-state index < -0.39 is 104 Å². The molecule has 0 aliphatic carbocycles. The number of halogens is 8. The minimum atomic E-state index is -5.42. The van der Waals surface area contributed by atoms with E-state index in [9.17, 15) is 35.1 Å². The summed E-state index contributed by atoms with van der Waals surface area (Å²) in [6.07, 6.45) is 0. The van der Waals surface area contributed by atoms with Gasteiger partial charge in [-0.25, -0.2) is 0 Å². The molecular formula is C20H20F8O4Zr. The van der Waals surface area contributed by atoms with E-state index in [1.165, 1.54) is 13.8 Å². The summed E-state index contributed by atoms with van der Waals surface area (Å²) in [5.74, 6) is -13.5. The molecule has 0 atom stereocenters. The van der Waals surface area contributed by atoms with E-state index >= 15 is 0 Å². The van der Waals surface area contributed by atoms with Crippen LogP contribution in [-0.2, 0) is 46.5 Å². The van der Waals surface area contributed by atoms with Crippen molar-refractivity contribution in [2.24, 2.45) is 0 Å². The first kappa shape index (κ1) is 27.8. The van der Waals surface area contributed by atoms with Gasteiger partial charge in [0.15, 0.2) is 0 Å². The van der Waals surface area contributed by atoms with Crippen LogP contribution in [0, 0.1) is 60.4 Å². The van der Waals surface area contributed by atoms with Crippen molar-refractivity contribution in [3.8, 4) is 0 Å². The number of benzene rings is 2. The Morgan fingerprint density at radius 3 is 1.00 bits per heavy atom. The predicted octanol–water partition coefficient (Wildman–Crippen LogP) is 6.04. The van der Waals surface area contributed by atoms with Gasteiger partial charge >= 0.3 is 191 Å². The fourth-order valence-corrected chi connectivity index (χ4v) is 7.30. The molecule has 2 aromatic rings. The van der Waals surface area contributed by atoms with Crippen LogP contribution < -0.4 is 0 Å². The van der Waals surface area contributed by atoms with Crippen LogP contribution in [0.1, 0.15) is 36.1 Å². The van der Waals surface area contributed by atoms with E-state index in [0.717, 1.165) is 13.8 Å². The van der Waals surface area contributed by atoms with Crippen molar-refractivity contribution in [1.29, 1.82) is 0 Å². The van der Waals surface area contributed by atoms with Gasteiger partial charge < -0.3 is 0 Å². The second-order valence-electron chi connectivity index (χ2n) is 6.66. The van der Waals surface area contributed by atoms with Crippen LogP contribution in [0.5, 0.6) is 0 Å². The van der Waals surface area contributed by atoms with Crippen LogP contribution in [-0.4, -0.2) is 13.2 Å². The van der Waals surface area contributed by atoms with Gasteiger partial charge in [0.2, 0.25) is 0 Å². The Morgan fingerprint density at radius 2 is 0.758 bits per heavy atom. The van der Waals surface area contributed by atoms with Gasteiger partial charge in [-0.15, -0.1) is 0 Å². The van der Waals surface area contributed by atoms with E-state index in [0.29, 0.717) is 0 Å². The van der Waals surface area contributed by atoms with E-state index in [2.05, 4.69) is 0 Å². The molecule has 0 radical (unpaired) electrons. The molecule has 2 rings (SSSR count). The van der Waals surface area contributed by atoms with Crippen molar-refractivity contribution in [2.75, 3.05) is 13.2 Å². The van der Waals surface area contributed by atoms with Gasteiger partial charge in [0.1, 0.15) is 0 Å². The second kappa shape index (κ2) is 11.4. The van der Waals surface area contributed by atoms with Gasteiger partial charge in [0, 0.05) is 0 Å². The standard InChI is InChI=1S/2C8H5F4O.2C2H5O.Zr/c2*1-3-5(9)7(11)4(2-13)8(12)6(3)10;2*1-2-3;/h2*2H2,1H3;2*2H2,1H3;/q4*-1;+4. The topological polar surface area (TPSA) is 36.9 Å². The summed E-state index contributed by atoms with van der Waals surface area (Å²) in [5, 5.41) is 0. The van der Waals surface area contributed by atoms with Crippen molar-refractivity contribution >= 4 is 0 Å². The maximum atomic E-state index is 14.2. The molecule has 0 unspecified atom stereocenters. The van der Waals surface area contributed by atoms with Crippen LogP contribution in [0.4, 0.5) is 35.1 Å². The molecule has 2 aromatic carbocycles. The average Bonchev–Trinajstić information content (AvgIpc) is 2.79. The first-order chi connectivity index (χ1) is 15.4. The van der Waals surface area contributed by atoms with Crippen molar-refractivity contribution in [3.05, 3.63) is 68.8 Å². The van der Waals surface area contributed by atoms with Crippen LogP contribution in [0.2, 0.25) is 0 Å². The van der Waals surface area contributed by atoms with Crippen LogP contribution in [0.3, 0.4) is 0 Å². The minimum absolute atomic E-state index is 0.167. The van der Waals surface area contributed by atoms with Crippen LogP contribution in [0.25, 0.3) is 0 Å². The third-order valence-electron chi connectivity index (χ3n) is 4.58. The molecule has 0 bridgehead atoms. The number of hydrogen-bond acceptors (Lipinski definition) is 4. The molecule has 4 nitrogen and oxygen atoms in total. The van der Waals surface area contributed by atoms with Gasteiger partial charge in [-0.05, 0) is 0 Å². The predicted molar refractivity (Wildman–Crippen MR) is 94.9 cm³/mol. The molecule has 184 valence electrons. The Balaban J connectivity index is 2.40. The van der Waals surface area contributed by atoms with Gasteiger partial charge in [0.25, 0.3) is 0 Å². The molecule has 13 heteroatoms. The molecule has 0 N–H and O–H groups in total. The monoisotopic (exact) mass is 566 g/mol. The van der Waals surface area contributed by atoms with Crippen molar-refractivity contribution in [1.82, 2.24) is 0 Å². The zero-order valence-corrected chi connectivity index (χ0v) is 20.4. The van der Waals surface area contributed by atoms with Crippen molar-refractivity contribution < 1.29 is 68.4 Å². The fraction of sp³-hybridized carbons (Fsp3) is 0.400. The molecule has 0 aliphatic rings. The molecule has 0 saturated heterocycles. The third kappa shape index (κ3) is 5.64. The first-order valence-corrected chi connectivity index (χ1v) is 13.6. The van der Waals surface area contributed by atoms with Crippen LogP contribution >= 0.6 is 0 Å². The molecule has 0 amide bonds. The SMILES string of the molecule is CC[O][Zr]([O]CC)([O]Cc1c(F)c(F)c(C)c(F)c1F)[O]Cc1c(F)c(F)c(C)c(F)c1F. The molecular weight excluding hydrogens is 547 g/mol. The molecule has 0 aliphatic heterocycles. The summed E-state index contributed by atoms with van der Waals surface area (Å²) in [6, 6.07) is 0. The Bertz CT molecular complexity index is 895. The maximum absolute atomic E-state index is 14.2.